The third kappa shape index (κ3) is 2.30. The number of fused-ring (bicyclic) bond motifs is 5. The molecule has 1 aromatic carbocycles. The fraction of sp³-hybridized carbons (Fsp3) is 0.455. The molecule has 1 atom stereocenters. The zero-order valence-corrected chi connectivity index (χ0v) is 16.9. The number of carbonyl (C=O) groups is 3. The number of pyridine rings is 1. The molecule has 1 aromatic heterocycles. The second kappa shape index (κ2) is 6.02. The minimum absolute atomic E-state index is 0.278. The van der Waals surface area contributed by atoms with E-state index in [2.05, 4.69) is 17.0 Å². The molecule has 1 spiro atoms. The van der Waals surface area contributed by atoms with Crippen LogP contribution in [0.4, 0.5) is 10.6 Å². The summed E-state index contributed by atoms with van der Waals surface area (Å²) in [5.74, 6) is 0.0921. The van der Waals surface area contributed by atoms with E-state index in [1.807, 2.05) is 19.1 Å². The number of imide groups is 2. The van der Waals surface area contributed by atoms with Gasteiger partial charge in [0, 0.05) is 32.4 Å². The van der Waals surface area contributed by atoms with E-state index in [0.29, 0.717) is 0 Å². The maximum absolute atomic E-state index is 13.5. The number of anilines is 1. The fourth-order valence-corrected chi connectivity index (χ4v) is 5.35. The van der Waals surface area contributed by atoms with Gasteiger partial charge in [0.2, 0.25) is 11.8 Å². The summed E-state index contributed by atoms with van der Waals surface area (Å²) in [7, 11) is 2.94. The van der Waals surface area contributed by atoms with Crippen LogP contribution in [0.3, 0.4) is 0 Å². The van der Waals surface area contributed by atoms with Crippen molar-refractivity contribution in [3.8, 4) is 0 Å². The molecule has 4 heterocycles. The van der Waals surface area contributed by atoms with Gasteiger partial charge in [-0.3, -0.25) is 19.4 Å². The van der Waals surface area contributed by atoms with E-state index in [0.717, 1.165) is 63.5 Å². The second-order valence-corrected chi connectivity index (χ2v) is 8.53. The molecule has 2 aromatic rings. The molecule has 7 heteroatoms. The first-order chi connectivity index (χ1) is 13.8. The minimum atomic E-state index is -1.27. The van der Waals surface area contributed by atoms with Gasteiger partial charge in [0.05, 0.1) is 11.6 Å². The van der Waals surface area contributed by atoms with Crippen molar-refractivity contribution < 1.29 is 14.4 Å². The molecule has 5 rings (SSSR count). The predicted octanol–water partition coefficient (Wildman–Crippen LogP) is 2.50. The van der Waals surface area contributed by atoms with Crippen molar-refractivity contribution in [2.75, 3.05) is 25.5 Å². The van der Waals surface area contributed by atoms with Crippen LogP contribution in [-0.2, 0) is 16.0 Å². The Balaban J connectivity index is 1.74. The first-order valence-electron chi connectivity index (χ1n) is 10.1. The van der Waals surface area contributed by atoms with Crippen LogP contribution in [0.5, 0.6) is 0 Å². The number of hydrogen-bond donors (Lipinski definition) is 0. The second-order valence-electron chi connectivity index (χ2n) is 8.53. The predicted molar refractivity (Wildman–Crippen MR) is 109 cm³/mol. The largest absolute Gasteiger partial charge is 0.352 e. The smallest absolute Gasteiger partial charge is 0.332 e. The molecule has 29 heavy (non-hydrogen) atoms. The van der Waals surface area contributed by atoms with Gasteiger partial charge in [0.15, 0.2) is 5.41 Å². The molecule has 0 aliphatic carbocycles. The van der Waals surface area contributed by atoms with E-state index in [-0.39, 0.29) is 12.5 Å². The van der Waals surface area contributed by atoms with Crippen LogP contribution < -0.4 is 4.90 Å². The van der Waals surface area contributed by atoms with Crippen LogP contribution in [0.1, 0.15) is 30.4 Å². The highest BCUT2D eigenvalue weighted by Crippen LogP contribution is 2.48. The van der Waals surface area contributed by atoms with Crippen molar-refractivity contribution >= 4 is 34.6 Å². The normalized spacial score (nSPS) is 23.6. The number of hydrogen-bond acceptors (Lipinski definition) is 5. The lowest BCUT2D eigenvalue weighted by atomic mass is 9.66. The van der Waals surface area contributed by atoms with Crippen molar-refractivity contribution in [3.63, 3.8) is 0 Å². The van der Waals surface area contributed by atoms with E-state index in [4.69, 9.17) is 4.98 Å². The summed E-state index contributed by atoms with van der Waals surface area (Å²) >= 11 is 0. The van der Waals surface area contributed by atoms with E-state index >= 15 is 0 Å². The standard InChI is InChI=1S/C22H24N4O3/c1-13-7-8-16-14(10-13)11-15-12-22(17-6-4-5-9-26(17)18(15)23-16)19(27)24(2)21(29)25(3)20(22)28/h7-8,10-11,17H,4-6,9,12H2,1-3H3/t17-/m0/s1. The Morgan fingerprint density at radius 2 is 1.76 bits per heavy atom. The highest BCUT2D eigenvalue weighted by atomic mass is 16.2. The summed E-state index contributed by atoms with van der Waals surface area (Å²) < 4.78 is 0. The van der Waals surface area contributed by atoms with Crippen LogP contribution in [0.15, 0.2) is 24.3 Å². The van der Waals surface area contributed by atoms with Gasteiger partial charge in [0.25, 0.3) is 0 Å². The third-order valence-electron chi connectivity index (χ3n) is 6.79. The molecule has 0 unspecified atom stereocenters. The van der Waals surface area contributed by atoms with Crippen molar-refractivity contribution in [3.05, 3.63) is 35.4 Å². The highest BCUT2D eigenvalue weighted by Gasteiger charge is 2.63. The monoisotopic (exact) mass is 392 g/mol. The lowest BCUT2D eigenvalue weighted by molar-refractivity contribution is -0.159. The lowest BCUT2D eigenvalue weighted by Crippen LogP contribution is -2.72. The van der Waals surface area contributed by atoms with E-state index in [9.17, 15) is 14.4 Å². The summed E-state index contributed by atoms with van der Waals surface area (Å²) in [5, 5.41) is 1.00. The van der Waals surface area contributed by atoms with Crippen LogP contribution in [0.25, 0.3) is 10.9 Å². The molecule has 3 aliphatic heterocycles. The molecular formula is C22H24N4O3. The van der Waals surface area contributed by atoms with Gasteiger partial charge in [-0.2, -0.15) is 0 Å². The zero-order valence-electron chi connectivity index (χ0n) is 16.9. The quantitative estimate of drug-likeness (QED) is 0.644. The maximum Gasteiger partial charge on any atom is 0.332 e. The number of amides is 4. The molecule has 0 N–H and O–H groups in total. The van der Waals surface area contributed by atoms with Crippen molar-refractivity contribution in [2.24, 2.45) is 5.41 Å². The van der Waals surface area contributed by atoms with Gasteiger partial charge >= 0.3 is 6.03 Å². The molecule has 0 bridgehead atoms. The first kappa shape index (κ1) is 18.1. The summed E-state index contributed by atoms with van der Waals surface area (Å²) in [6, 6.07) is 7.36. The topological polar surface area (TPSA) is 73.8 Å². The van der Waals surface area contributed by atoms with Crippen molar-refractivity contribution in [1.82, 2.24) is 14.8 Å². The Labute approximate surface area is 169 Å². The third-order valence-corrected chi connectivity index (χ3v) is 6.79. The number of aryl methyl sites for hydroxylation is 1. The van der Waals surface area contributed by atoms with Crippen LogP contribution in [-0.4, -0.2) is 59.3 Å². The zero-order chi connectivity index (χ0) is 20.5. The van der Waals surface area contributed by atoms with Gasteiger partial charge in [-0.1, -0.05) is 11.6 Å². The van der Waals surface area contributed by atoms with Crippen molar-refractivity contribution in [1.29, 1.82) is 0 Å². The van der Waals surface area contributed by atoms with Gasteiger partial charge in [-0.05, 0) is 49.9 Å². The van der Waals surface area contributed by atoms with Gasteiger partial charge in [-0.25, -0.2) is 9.78 Å². The number of benzene rings is 1. The number of carbonyl (C=O) groups excluding carboxylic acids is 3. The van der Waals surface area contributed by atoms with Crippen molar-refractivity contribution in [2.45, 2.75) is 38.6 Å². The molecule has 150 valence electrons. The van der Waals surface area contributed by atoms with Gasteiger partial charge in [-0.15, -0.1) is 0 Å². The molecule has 0 saturated carbocycles. The van der Waals surface area contributed by atoms with E-state index < -0.39 is 23.3 Å². The average Bonchev–Trinajstić information content (AvgIpc) is 2.73. The minimum Gasteiger partial charge on any atom is -0.352 e. The Morgan fingerprint density at radius 1 is 1.03 bits per heavy atom. The molecule has 0 radical (unpaired) electrons. The first-order valence-corrected chi connectivity index (χ1v) is 10.1. The summed E-state index contributed by atoms with van der Waals surface area (Å²) in [6.45, 7) is 2.79. The summed E-state index contributed by atoms with van der Waals surface area (Å²) in [6.07, 6.45) is 2.96. The Hall–Kier alpha value is -2.96. The van der Waals surface area contributed by atoms with Crippen LogP contribution in [0.2, 0.25) is 0 Å². The Bertz CT molecular complexity index is 1060. The summed E-state index contributed by atoms with van der Waals surface area (Å²) in [5.41, 5.74) is 1.68. The average molecular weight is 392 g/mol. The number of urea groups is 1. The molecular weight excluding hydrogens is 368 g/mol. The fourth-order valence-electron chi connectivity index (χ4n) is 5.35. The van der Waals surface area contributed by atoms with E-state index in [1.54, 1.807) is 0 Å². The number of piperidine rings is 1. The van der Waals surface area contributed by atoms with E-state index in [1.165, 1.54) is 14.1 Å². The SMILES string of the molecule is Cc1ccc2nc3c(cc2c1)CC1(C(=O)N(C)C(=O)N(C)C1=O)[C@@H]1CCCCN31. The van der Waals surface area contributed by atoms with Gasteiger partial charge in [0.1, 0.15) is 5.82 Å². The number of rotatable bonds is 0. The van der Waals surface area contributed by atoms with Crippen LogP contribution >= 0.6 is 0 Å². The lowest BCUT2D eigenvalue weighted by Gasteiger charge is -2.54. The maximum atomic E-state index is 13.5. The number of aromatic nitrogens is 1. The van der Waals surface area contributed by atoms with Crippen LogP contribution in [0, 0.1) is 12.3 Å². The number of barbiturate groups is 1. The molecule has 4 amide bonds. The molecule has 7 nitrogen and oxygen atoms in total. The Kier molecular flexibility index (Phi) is 3.75. The molecule has 3 aliphatic rings. The molecule has 2 saturated heterocycles. The highest BCUT2D eigenvalue weighted by molar-refractivity contribution is 6.20. The van der Waals surface area contributed by atoms with Gasteiger partial charge < -0.3 is 4.90 Å². The Morgan fingerprint density at radius 3 is 2.48 bits per heavy atom. The number of nitrogens with zero attached hydrogens (tertiary/aromatic N) is 4. The molecule has 2 fully saturated rings. The summed E-state index contributed by atoms with van der Waals surface area (Å²) in [4.78, 5) is 48.6.